The number of likely N-dealkylation sites (N-methyl/N-ethyl adjacent to an activating group) is 1. The fraction of sp³-hybridized carbons (Fsp3) is 0.588. The highest BCUT2D eigenvalue weighted by molar-refractivity contribution is 5.81. The van der Waals surface area contributed by atoms with E-state index in [1.54, 1.807) is 0 Å². The Morgan fingerprint density at radius 2 is 2.14 bits per heavy atom. The van der Waals surface area contributed by atoms with E-state index in [4.69, 9.17) is 9.47 Å². The molecule has 2 rings (SSSR count). The SMILES string of the molecule is CNC1(C(=O)OC)CCCC(Oc2cc(C)ccc2C)C1. The van der Waals surface area contributed by atoms with Gasteiger partial charge in [0.15, 0.2) is 0 Å². The number of benzene rings is 1. The quantitative estimate of drug-likeness (QED) is 0.867. The molecular weight excluding hydrogens is 266 g/mol. The third kappa shape index (κ3) is 3.38. The zero-order valence-corrected chi connectivity index (χ0v) is 13.4. The number of esters is 1. The molecular formula is C17H25NO3. The largest absolute Gasteiger partial charge is 0.490 e. The second-order valence-electron chi connectivity index (χ2n) is 5.93. The first-order valence-electron chi connectivity index (χ1n) is 7.52. The predicted molar refractivity (Wildman–Crippen MR) is 82.6 cm³/mol. The van der Waals surface area contributed by atoms with Gasteiger partial charge in [0.2, 0.25) is 0 Å². The van der Waals surface area contributed by atoms with Crippen LogP contribution in [-0.2, 0) is 9.53 Å². The summed E-state index contributed by atoms with van der Waals surface area (Å²) in [4.78, 5) is 12.1. The molecule has 0 spiro atoms. The molecule has 1 aliphatic carbocycles. The summed E-state index contributed by atoms with van der Waals surface area (Å²) in [6, 6.07) is 6.21. The maximum absolute atomic E-state index is 12.1. The molecule has 21 heavy (non-hydrogen) atoms. The first kappa shape index (κ1) is 15.8. The number of methoxy groups -OCH3 is 1. The minimum atomic E-state index is -0.616. The summed E-state index contributed by atoms with van der Waals surface area (Å²) in [5, 5.41) is 3.16. The zero-order chi connectivity index (χ0) is 15.5. The van der Waals surface area contributed by atoms with Crippen LogP contribution < -0.4 is 10.1 Å². The van der Waals surface area contributed by atoms with Gasteiger partial charge in [-0.3, -0.25) is 4.79 Å². The number of carbonyl (C=O) groups is 1. The van der Waals surface area contributed by atoms with Crippen LogP contribution in [0, 0.1) is 13.8 Å². The van der Waals surface area contributed by atoms with Crippen molar-refractivity contribution >= 4 is 5.97 Å². The fourth-order valence-electron chi connectivity index (χ4n) is 3.05. The van der Waals surface area contributed by atoms with Crippen LogP contribution >= 0.6 is 0 Å². The zero-order valence-electron chi connectivity index (χ0n) is 13.4. The van der Waals surface area contributed by atoms with Gasteiger partial charge in [0.1, 0.15) is 17.4 Å². The molecule has 1 aliphatic rings. The van der Waals surface area contributed by atoms with Gasteiger partial charge in [-0.1, -0.05) is 12.1 Å². The molecule has 1 aromatic rings. The average molecular weight is 291 g/mol. The molecule has 0 aliphatic heterocycles. The lowest BCUT2D eigenvalue weighted by Crippen LogP contribution is -2.55. The van der Waals surface area contributed by atoms with Crippen LogP contribution in [0.5, 0.6) is 5.75 Å². The molecule has 1 fully saturated rings. The highest BCUT2D eigenvalue weighted by Gasteiger charge is 2.43. The minimum absolute atomic E-state index is 0.0331. The first-order chi connectivity index (χ1) is 10.0. The Labute approximate surface area is 126 Å². The molecule has 1 N–H and O–H groups in total. The third-order valence-electron chi connectivity index (χ3n) is 4.40. The Morgan fingerprint density at radius 1 is 1.38 bits per heavy atom. The molecule has 2 unspecified atom stereocenters. The Balaban J connectivity index is 2.14. The topological polar surface area (TPSA) is 47.6 Å². The van der Waals surface area contributed by atoms with Crippen molar-refractivity contribution in [2.75, 3.05) is 14.2 Å². The van der Waals surface area contributed by atoms with Crippen molar-refractivity contribution in [2.45, 2.75) is 51.2 Å². The molecule has 0 saturated heterocycles. The van der Waals surface area contributed by atoms with Gasteiger partial charge in [-0.05, 0) is 57.4 Å². The summed E-state index contributed by atoms with van der Waals surface area (Å²) in [6.07, 6.45) is 3.39. The van der Waals surface area contributed by atoms with Crippen LogP contribution in [0.2, 0.25) is 0 Å². The Kier molecular flexibility index (Phi) is 4.88. The maximum Gasteiger partial charge on any atom is 0.326 e. The number of ether oxygens (including phenoxy) is 2. The van der Waals surface area contributed by atoms with Crippen molar-refractivity contribution in [3.8, 4) is 5.75 Å². The van der Waals surface area contributed by atoms with Gasteiger partial charge in [-0.25, -0.2) is 0 Å². The van der Waals surface area contributed by atoms with Gasteiger partial charge in [0.25, 0.3) is 0 Å². The van der Waals surface area contributed by atoms with Gasteiger partial charge in [-0.2, -0.15) is 0 Å². The molecule has 0 amide bonds. The molecule has 116 valence electrons. The van der Waals surface area contributed by atoms with E-state index < -0.39 is 5.54 Å². The lowest BCUT2D eigenvalue weighted by molar-refractivity contribution is -0.151. The predicted octanol–water partition coefficient (Wildman–Crippen LogP) is 2.76. The van der Waals surface area contributed by atoms with Crippen molar-refractivity contribution in [1.82, 2.24) is 5.32 Å². The van der Waals surface area contributed by atoms with Crippen LogP contribution in [-0.4, -0.2) is 31.8 Å². The Morgan fingerprint density at radius 3 is 2.81 bits per heavy atom. The van der Waals surface area contributed by atoms with Crippen LogP contribution in [0.4, 0.5) is 0 Å². The van der Waals surface area contributed by atoms with E-state index >= 15 is 0 Å². The van der Waals surface area contributed by atoms with Gasteiger partial charge in [-0.15, -0.1) is 0 Å². The second-order valence-corrected chi connectivity index (χ2v) is 5.93. The van der Waals surface area contributed by atoms with E-state index in [-0.39, 0.29) is 12.1 Å². The van der Waals surface area contributed by atoms with E-state index in [1.165, 1.54) is 12.7 Å². The van der Waals surface area contributed by atoms with Crippen LogP contribution in [0.15, 0.2) is 18.2 Å². The summed E-state index contributed by atoms with van der Waals surface area (Å²) in [5.41, 5.74) is 1.69. The van der Waals surface area contributed by atoms with Gasteiger partial charge in [0.05, 0.1) is 7.11 Å². The van der Waals surface area contributed by atoms with Gasteiger partial charge in [0, 0.05) is 6.42 Å². The van der Waals surface area contributed by atoms with E-state index in [1.807, 2.05) is 14.0 Å². The van der Waals surface area contributed by atoms with E-state index in [2.05, 4.69) is 30.4 Å². The summed E-state index contributed by atoms with van der Waals surface area (Å²) in [5.74, 6) is 0.719. The van der Waals surface area contributed by atoms with Crippen molar-refractivity contribution < 1.29 is 14.3 Å². The Hall–Kier alpha value is -1.55. The average Bonchev–Trinajstić information content (AvgIpc) is 2.50. The molecule has 0 bridgehead atoms. The monoisotopic (exact) mass is 291 g/mol. The van der Waals surface area contributed by atoms with Crippen molar-refractivity contribution in [2.24, 2.45) is 0 Å². The molecule has 1 saturated carbocycles. The number of nitrogens with one attached hydrogen (secondary N) is 1. The number of aryl methyl sites for hydroxylation is 2. The van der Waals surface area contributed by atoms with E-state index in [0.717, 1.165) is 30.6 Å². The Bertz CT molecular complexity index is 515. The molecule has 0 heterocycles. The number of carbonyl (C=O) groups excluding carboxylic acids is 1. The van der Waals surface area contributed by atoms with Crippen LogP contribution in [0.1, 0.15) is 36.8 Å². The minimum Gasteiger partial charge on any atom is -0.490 e. The summed E-state index contributed by atoms with van der Waals surface area (Å²) in [6.45, 7) is 4.10. The van der Waals surface area contributed by atoms with Gasteiger partial charge < -0.3 is 14.8 Å². The van der Waals surface area contributed by atoms with Crippen molar-refractivity contribution in [3.05, 3.63) is 29.3 Å². The van der Waals surface area contributed by atoms with Crippen LogP contribution in [0.3, 0.4) is 0 Å². The van der Waals surface area contributed by atoms with E-state index in [9.17, 15) is 4.79 Å². The van der Waals surface area contributed by atoms with Crippen molar-refractivity contribution in [1.29, 1.82) is 0 Å². The maximum atomic E-state index is 12.1. The van der Waals surface area contributed by atoms with Crippen molar-refractivity contribution in [3.63, 3.8) is 0 Å². The molecule has 0 aromatic heterocycles. The normalized spacial score (nSPS) is 25.4. The highest BCUT2D eigenvalue weighted by atomic mass is 16.5. The summed E-state index contributed by atoms with van der Waals surface area (Å²) >= 11 is 0. The summed E-state index contributed by atoms with van der Waals surface area (Å²) < 4.78 is 11.1. The molecule has 2 atom stereocenters. The second kappa shape index (κ2) is 6.48. The summed E-state index contributed by atoms with van der Waals surface area (Å²) in [7, 11) is 3.26. The highest BCUT2D eigenvalue weighted by Crippen LogP contribution is 2.33. The smallest absolute Gasteiger partial charge is 0.326 e. The lowest BCUT2D eigenvalue weighted by Gasteiger charge is -2.38. The van der Waals surface area contributed by atoms with E-state index in [0.29, 0.717) is 6.42 Å². The molecule has 1 aromatic carbocycles. The standard InChI is InChI=1S/C17H25NO3/c1-12-7-8-13(2)15(10-12)21-14-6-5-9-17(11-14,18-3)16(19)20-4/h7-8,10,14,18H,5-6,9,11H2,1-4H3. The molecule has 4 nitrogen and oxygen atoms in total. The number of rotatable bonds is 4. The molecule has 4 heteroatoms. The van der Waals surface area contributed by atoms with Gasteiger partial charge >= 0.3 is 5.97 Å². The third-order valence-corrected chi connectivity index (χ3v) is 4.40. The number of hydrogen-bond acceptors (Lipinski definition) is 4. The molecule has 0 radical (unpaired) electrons. The number of hydrogen-bond donors (Lipinski definition) is 1. The van der Waals surface area contributed by atoms with Crippen LogP contribution in [0.25, 0.3) is 0 Å². The first-order valence-corrected chi connectivity index (χ1v) is 7.52. The fourth-order valence-corrected chi connectivity index (χ4v) is 3.05. The lowest BCUT2D eigenvalue weighted by atomic mass is 9.80.